The zero-order chi connectivity index (χ0) is 13.2. The molecule has 1 heterocycles. The van der Waals surface area contributed by atoms with Gasteiger partial charge in [-0.15, -0.1) is 11.3 Å². The van der Waals surface area contributed by atoms with Crippen LogP contribution in [0.2, 0.25) is 0 Å². The predicted octanol–water partition coefficient (Wildman–Crippen LogP) is 3.15. The summed E-state index contributed by atoms with van der Waals surface area (Å²) in [5.41, 5.74) is 7.86. The van der Waals surface area contributed by atoms with Crippen LogP contribution in [-0.4, -0.2) is 12.1 Å². The summed E-state index contributed by atoms with van der Waals surface area (Å²) in [6, 6.07) is 10.1. The molecule has 0 saturated carbocycles. The van der Waals surface area contributed by atoms with Crippen LogP contribution in [0.1, 0.15) is 24.4 Å². The molecule has 0 atom stereocenters. The Balaban J connectivity index is 2.46. The third kappa shape index (κ3) is 2.77. The first-order chi connectivity index (χ1) is 8.52. The molecular formula is C14H18N2OS. The van der Waals surface area contributed by atoms with Gasteiger partial charge in [0.2, 0.25) is 0 Å². The van der Waals surface area contributed by atoms with Gasteiger partial charge in [0.15, 0.2) is 0 Å². The molecule has 4 heteroatoms. The van der Waals surface area contributed by atoms with Gasteiger partial charge >= 0.3 is 0 Å². The van der Waals surface area contributed by atoms with Crippen molar-refractivity contribution in [3.05, 3.63) is 40.9 Å². The number of aromatic nitrogens is 1. The van der Waals surface area contributed by atoms with E-state index >= 15 is 0 Å². The fourth-order valence-corrected chi connectivity index (χ4v) is 2.88. The molecule has 0 radical (unpaired) electrons. The number of nitrogens with zero attached hydrogens (tertiary/aromatic N) is 1. The summed E-state index contributed by atoms with van der Waals surface area (Å²) < 4.78 is 5.20. The molecule has 0 amide bonds. The maximum absolute atomic E-state index is 6.19. The van der Waals surface area contributed by atoms with Crippen LogP contribution >= 0.6 is 11.3 Å². The van der Waals surface area contributed by atoms with Crippen molar-refractivity contribution in [2.75, 3.05) is 7.11 Å². The van der Waals surface area contributed by atoms with Crippen molar-refractivity contribution in [1.29, 1.82) is 0 Å². The number of ether oxygens (including phenoxy) is 1. The van der Waals surface area contributed by atoms with E-state index in [2.05, 4.69) is 17.1 Å². The minimum absolute atomic E-state index is 0.390. The summed E-state index contributed by atoms with van der Waals surface area (Å²) in [7, 11) is 1.68. The second-order valence-corrected chi connectivity index (χ2v) is 5.81. The molecule has 2 rings (SSSR count). The Morgan fingerprint density at radius 1 is 1.28 bits per heavy atom. The normalized spacial score (nSPS) is 11.8. The van der Waals surface area contributed by atoms with Gasteiger partial charge in [-0.3, -0.25) is 0 Å². The molecule has 0 spiro atoms. The van der Waals surface area contributed by atoms with Gasteiger partial charge in [0.05, 0.1) is 12.3 Å². The molecule has 0 aliphatic rings. The Bertz CT molecular complexity index is 514. The number of nitrogens with two attached hydrogens (primary N) is 1. The van der Waals surface area contributed by atoms with E-state index in [4.69, 9.17) is 10.5 Å². The number of benzene rings is 1. The molecule has 0 bridgehead atoms. The van der Waals surface area contributed by atoms with E-state index < -0.39 is 5.54 Å². The third-order valence-corrected chi connectivity index (χ3v) is 4.07. The van der Waals surface area contributed by atoms with Crippen molar-refractivity contribution >= 4 is 11.3 Å². The van der Waals surface area contributed by atoms with Crippen LogP contribution in [0.15, 0.2) is 30.3 Å². The summed E-state index contributed by atoms with van der Waals surface area (Å²) in [4.78, 5) is 5.74. The molecule has 1 aromatic heterocycles. The lowest BCUT2D eigenvalue weighted by Gasteiger charge is -2.17. The fraction of sp³-hybridized carbons (Fsp3) is 0.357. The first-order valence-corrected chi connectivity index (χ1v) is 6.67. The molecule has 2 N–H and O–H groups in total. The summed E-state index contributed by atoms with van der Waals surface area (Å²) in [6.45, 7) is 4.49. The molecule has 3 nitrogen and oxygen atoms in total. The topological polar surface area (TPSA) is 48.1 Å². The van der Waals surface area contributed by atoms with Crippen LogP contribution in [-0.2, 0) is 16.9 Å². The van der Waals surface area contributed by atoms with Gasteiger partial charge in [-0.2, -0.15) is 0 Å². The molecule has 0 saturated heterocycles. The van der Waals surface area contributed by atoms with Crippen LogP contribution in [0, 0.1) is 0 Å². The zero-order valence-electron chi connectivity index (χ0n) is 10.9. The predicted molar refractivity (Wildman–Crippen MR) is 75.5 cm³/mol. The molecule has 0 unspecified atom stereocenters. The van der Waals surface area contributed by atoms with Gasteiger partial charge in [-0.1, -0.05) is 30.3 Å². The van der Waals surface area contributed by atoms with Gasteiger partial charge < -0.3 is 10.5 Å². The van der Waals surface area contributed by atoms with E-state index in [1.54, 1.807) is 18.4 Å². The van der Waals surface area contributed by atoms with Crippen LogP contribution < -0.4 is 5.73 Å². The van der Waals surface area contributed by atoms with Gasteiger partial charge in [0.1, 0.15) is 5.01 Å². The number of methoxy groups -OCH3 is 1. The smallest absolute Gasteiger partial charge is 0.124 e. The Kier molecular flexibility index (Phi) is 3.80. The highest BCUT2D eigenvalue weighted by Crippen LogP contribution is 2.33. The average molecular weight is 262 g/mol. The van der Waals surface area contributed by atoms with Gasteiger partial charge in [-0.05, 0) is 13.8 Å². The van der Waals surface area contributed by atoms with E-state index in [1.165, 1.54) is 0 Å². The second kappa shape index (κ2) is 5.18. The monoisotopic (exact) mass is 262 g/mol. The van der Waals surface area contributed by atoms with Crippen molar-refractivity contribution in [2.45, 2.75) is 26.0 Å². The molecule has 96 valence electrons. The minimum atomic E-state index is -0.390. The summed E-state index contributed by atoms with van der Waals surface area (Å²) in [5, 5.41) is 0.996. The Morgan fingerprint density at radius 2 is 1.94 bits per heavy atom. The van der Waals surface area contributed by atoms with Gasteiger partial charge in [0.25, 0.3) is 0 Å². The highest BCUT2D eigenvalue weighted by Gasteiger charge is 2.23. The van der Waals surface area contributed by atoms with Crippen molar-refractivity contribution in [2.24, 2.45) is 5.73 Å². The number of thiazole rings is 1. The highest BCUT2D eigenvalue weighted by atomic mass is 32.1. The maximum atomic E-state index is 6.19. The maximum Gasteiger partial charge on any atom is 0.124 e. The Hall–Kier alpha value is -1.23. The summed E-state index contributed by atoms with van der Waals surface area (Å²) in [6.07, 6.45) is 0. The molecule has 0 fully saturated rings. The Labute approximate surface area is 112 Å². The van der Waals surface area contributed by atoms with Crippen LogP contribution in [0.3, 0.4) is 0 Å². The molecular weight excluding hydrogens is 244 g/mol. The summed E-state index contributed by atoms with van der Waals surface area (Å²) in [5.74, 6) is 0. The van der Waals surface area contributed by atoms with Gasteiger partial charge in [0, 0.05) is 23.1 Å². The fourth-order valence-electron chi connectivity index (χ4n) is 1.79. The molecule has 18 heavy (non-hydrogen) atoms. The highest BCUT2D eigenvalue weighted by molar-refractivity contribution is 7.15. The van der Waals surface area contributed by atoms with Crippen molar-refractivity contribution < 1.29 is 4.74 Å². The Morgan fingerprint density at radius 3 is 2.50 bits per heavy atom. The number of hydrogen-bond acceptors (Lipinski definition) is 4. The molecule has 0 aliphatic carbocycles. The van der Waals surface area contributed by atoms with Crippen molar-refractivity contribution in [3.63, 3.8) is 0 Å². The second-order valence-electron chi connectivity index (χ2n) is 4.82. The number of rotatable bonds is 4. The molecule has 2 aromatic rings. The number of hydrogen-bond donors (Lipinski definition) is 1. The van der Waals surface area contributed by atoms with Gasteiger partial charge in [-0.25, -0.2) is 4.98 Å². The SMILES string of the molecule is COCc1nc(-c2ccccc2)sc1C(C)(C)N. The van der Waals surface area contributed by atoms with E-state index in [-0.39, 0.29) is 0 Å². The van der Waals surface area contributed by atoms with E-state index in [0.29, 0.717) is 6.61 Å². The van der Waals surface area contributed by atoms with Crippen LogP contribution in [0.4, 0.5) is 0 Å². The largest absolute Gasteiger partial charge is 0.378 e. The van der Waals surface area contributed by atoms with Crippen LogP contribution in [0.5, 0.6) is 0 Å². The first kappa shape index (κ1) is 13.2. The van der Waals surface area contributed by atoms with Crippen molar-refractivity contribution in [1.82, 2.24) is 4.98 Å². The molecule has 0 aliphatic heterocycles. The average Bonchev–Trinajstić information content (AvgIpc) is 2.75. The van der Waals surface area contributed by atoms with Crippen molar-refractivity contribution in [3.8, 4) is 10.6 Å². The quantitative estimate of drug-likeness (QED) is 0.920. The third-order valence-electron chi connectivity index (χ3n) is 2.58. The standard InChI is InChI=1S/C14H18N2OS/c1-14(2,15)12-11(9-17-3)16-13(18-12)10-7-5-4-6-8-10/h4-8H,9,15H2,1-3H3. The van der Waals surface area contributed by atoms with Crippen LogP contribution in [0.25, 0.3) is 10.6 Å². The summed E-state index contributed by atoms with van der Waals surface area (Å²) >= 11 is 1.64. The lowest BCUT2D eigenvalue weighted by molar-refractivity contribution is 0.180. The van der Waals surface area contributed by atoms with E-state index in [0.717, 1.165) is 21.1 Å². The lowest BCUT2D eigenvalue weighted by atomic mass is 10.0. The van der Waals surface area contributed by atoms with E-state index in [1.807, 2.05) is 32.0 Å². The molecule has 1 aromatic carbocycles. The zero-order valence-corrected chi connectivity index (χ0v) is 11.8. The van der Waals surface area contributed by atoms with E-state index in [9.17, 15) is 0 Å². The minimum Gasteiger partial charge on any atom is -0.378 e. The lowest BCUT2D eigenvalue weighted by Crippen LogP contribution is -2.28. The first-order valence-electron chi connectivity index (χ1n) is 5.86.